The van der Waals surface area contributed by atoms with Gasteiger partial charge in [-0.05, 0) is 0 Å². The van der Waals surface area contributed by atoms with Crippen LogP contribution >= 0.6 is 8.60 Å². The third kappa shape index (κ3) is 10.2. The van der Waals surface area contributed by atoms with Gasteiger partial charge in [0, 0.05) is 7.11 Å². The van der Waals surface area contributed by atoms with Crippen molar-refractivity contribution in [2.24, 2.45) is 0 Å². The Morgan fingerprint density at radius 3 is 1.40 bits per heavy atom. The molecule has 0 aromatic rings. The van der Waals surface area contributed by atoms with Crippen LogP contribution in [-0.2, 0) is 13.6 Å². The molecule has 0 saturated heterocycles. The smallest absolute Gasteiger partial charge is 0.316 e. The lowest BCUT2D eigenvalue weighted by atomic mass is 10.7. The Balaban J connectivity index is 3.84. The van der Waals surface area contributed by atoms with Gasteiger partial charge in [-0.25, -0.2) is 0 Å². The minimum Gasteiger partial charge on any atom is -0.316 e. The van der Waals surface area contributed by atoms with E-state index in [2.05, 4.69) is 13.6 Å². The SMILES string of the molecule is COP(OCC(F)(F)F)OCC(F)(F)F. The first-order chi connectivity index (χ1) is 6.64. The molecule has 0 atom stereocenters. The van der Waals surface area contributed by atoms with E-state index in [4.69, 9.17) is 0 Å². The molecule has 0 heterocycles. The van der Waals surface area contributed by atoms with Gasteiger partial charge in [0.1, 0.15) is 0 Å². The zero-order valence-electron chi connectivity index (χ0n) is 7.35. The first kappa shape index (κ1) is 14.9. The first-order valence-electron chi connectivity index (χ1n) is 3.37. The summed E-state index contributed by atoms with van der Waals surface area (Å²) in [5, 5.41) is 0. The topological polar surface area (TPSA) is 27.7 Å². The highest BCUT2D eigenvalue weighted by Gasteiger charge is 2.33. The summed E-state index contributed by atoms with van der Waals surface area (Å²) in [4.78, 5) is 0. The summed E-state index contributed by atoms with van der Waals surface area (Å²) in [5.41, 5.74) is 0. The molecular weight excluding hydrogens is 253 g/mol. The molecule has 0 amide bonds. The highest BCUT2D eigenvalue weighted by Crippen LogP contribution is 2.41. The van der Waals surface area contributed by atoms with E-state index in [1.54, 1.807) is 0 Å². The first-order valence-corrected chi connectivity index (χ1v) is 4.47. The Morgan fingerprint density at radius 1 is 0.867 bits per heavy atom. The average Bonchev–Trinajstić information content (AvgIpc) is 2.00. The summed E-state index contributed by atoms with van der Waals surface area (Å²) in [6, 6.07) is 0. The summed E-state index contributed by atoms with van der Waals surface area (Å²) in [6.45, 7) is -3.44. The van der Waals surface area contributed by atoms with E-state index >= 15 is 0 Å². The number of alkyl halides is 6. The number of hydrogen-bond acceptors (Lipinski definition) is 3. The molecule has 92 valence electrons. The van der Waals surface area contributed by atoms with Crippen molar-refractivity contribution in [2.75, 3.05) is 20.3 Å². The van der Waals surface area contributed by atoms with E-state index in [0.29, 0.717) is 0 Å². The second-order valence-electron chi connectivity index (χ2n) is 2.18. The Kier molecular flexibility index (Phi) is 5.79. The van der Waals surface area contributed by atoms with Crippen LogP contribution in [0.2, 0.25) is 0 Å². The van der Waals surface area contributed by atoms with Crippen molar-refractivity contribution in [1.29, 1.82) is 0 Å². The van der Waals surface area contributed by atoms with E-state index in [0.717, 1.165) is 7.11 Å². The van der Waals surface area contributed by atoms with Gasteiger partial charge in [0.25, 0.3) is 0 Å². The molecule has 0 aliphatic heterocycles. The summed E-state index contributed by atoms with van der Waals surface area (Å²) >= 11 is 0. The quantitative estimate of drug-likeness (QED) is 0.561. The highest BCUT2D eigenvalue weighted by molar-refractivity contribution is 7.41. The maximum atomic E-state index is 11.6. The Morgan fingerprint density at radius 2 is 1.20 bits per heavy atom. The van der Waals surface area contributed by atoms with Gasteiger partial charge in [0.05, 0.1) is 0 Å². The Hall–Kier alpha value is -0.110. The van der Waals surface area contributed by atoms with Crippen LogP contribution in [0, 0.1) is 0 Å². The van der Waals surface area contributed by atoms with E-state index in [1.165, 1.54) is 0 Å². The van der Waals surface area contributed by atoms with Crippen molar-refractivity contribution in [3.8, 4) is 0 Å². The monoisotopic (exact) mass is 260 g/mol. The molecule has 0 rings (SSSR count). The fraction of sp³-hybridized carbons (Fsp3) is 1.00. The lowest BCUT2D eigenvalue weighted by Crippen LogP contribution is -2.18. The van der Waals surface area contributed by atoms with Crippen molar-refractivity contribution >= 4 is 8.60 Å². The maximum Gasteiger partial charge on any atom is 0.412 e. The second kappa shape index (κ2) is 5.83. The largest absolute Gasteiger partial charge is 0.412 e. The summed E-state index contributed by atoms with van der Waals surface area (Å²) in [6.07, 6.45) is -9.28. The van der Waals surface area contributed by atoms with Crippen LogP contribution in [-0.4, -0.2) is 32.7 Å². The van der Waals surface area contributed by atoms with Crippen LogP contribution < -0.4 is 0 Å². The van der Waals surface area contributed by atoms with Crippen molar-refractivity contribution in [2.45, 2.75) is 12.4 Å². The molecule has 0 radical (unpaired) electrons. The normalized spacial score (nSPS) is 13.6. The number of rotatable bonds is 5. The predicted molar refractivity (Wildman–Crippen MR) is 37.9 cm³/mol. The lowest BCUT2D eigenvalue weighted by molar-refractivity contribution is -0.165. The van der Waals surface area contributed by atoms with Gasteiger partial charge >= 0.3 is 21.0 Å². The minimum atomic E-state index is -4.64. The fourth-order valence-corrected chi connectivity index (χ4v) is 1.18. The van der Waals surface area contributed by atoms with Crippen LogP contribution in [0.3, 0.4) is 0 Å². The Labute approximate surface area is 82.3 Å². The van der Waals surface area contributed by atoms with Gasteiger partial charge in [-0.15, -0.1) is 0 Å². The zero-order valence-corrected chi connectivity index (χ0v) is 8.25. The molecular formula is C5H7F6O3P. The molecule has 15 heavy (non-hydrogen) atoms. The zero-order chi connectivity index (χ0) is 12.1. The summed E-state index contributed by atoms with van der Waals surface area (Å²) in [5.74, 6) is 0. The second-order valence-corrected chi connectivity index (χ2v) is 3.51. The third-order valence-electron chi connectivity index (χ3n) is 0.816. The van der Waals surface area contributed by atoms with E-state index in [-0.39, 0.29) is 0 Å². The van der Waals surface area contributed by atoms with Crippen LogP contribution in [0.1, 0.15) is 0 Å². The van der Waals surface area contributed by atoms with Crippen molar-refractivity contribution < 1.29 is 39.9 Å². The summed E-state index contributed by atoms with van der Waals surface area (Å²) < 4.78 is 81.5. The van der Waals surface area contributed by atoms with Crippen LogP contribution in [0.25, 0.3) is 0 Å². The molecule has 3 nitrogen and oxygen atoms in total. The molecule has 0 N–H and O–H groups in total. The van der Waals surface area contributed by atoms with Gasteiger partial charge in [0.2, 0.25) is 0 Å². The molecule has 0 aliphatic carbocycles. The number of hydrogen-bond donors (Lipinski definition) is 0. The van der Waals surface area contributed by atoms with E-state index in [9.17, 15) is 26.3 Å². The van der Waals surface area contributed by atoms with E-state index in [1.807, 2.05) is 0 Å². The van der Waals surface area contributed by atoms with E-state index < -0.39 is 34.2 Å². The standard InChI is InChI=1S/C5H7F6O3P/c1-12-15(13-2-4(6,7)8)14-3-5(9,10)11/h2-3H2,1H3. The molecule has 0 aliphatic rings. The Bertz CT molecular complexity index is 163. The lowest BCUT2D eigenvalue weighted by Gasteiger charge is -2.16. The van der Waals surface area contributed by atoms with Gasteiger partial charge in [-0.1, -0.05) is 0 Å². The molecule has 0 spiro atoms. The van der Waals surface area contributed by atoms with Crippen LogP contribution in [0.4, 0.5) is 26.3 Å². The van der Waals surface area contributed by atoms with Crippen molar-refractivity contribution in [1.82, 2.24) is 0 Å². The molecule has 10 heteroatoms. The van der Waals surface area contributed by atoms with Gasteiger partial charge in [0.15, 0.2) is 13.2 Å². The maximum absolute atomic E-state index is 11.6. The van der Waals surface area contributed by atoms with Crippen LogP contribution in [0.15, 0.2) is 0 Å². The predicted octanol–water partition coefficient (Wildman–Crippen LogP) is 3.02. The molecule has 0 bridgehead atoms. The molecule has 0 aromatic carbocycles. The molecule has 0 unspecified atom stereocenters. The van der Waals surface area contributed by atoms with Gasteiger partial charge < -0.3 is 13.6 Å². The van der Waals surface area contributed by atoms with Crippen LogP contribution in [0.5, 0.6) is 0 Å². The van der Waals surface area contributed by atoms with Gasteiger partial charge in [-0.2, -0.15) is 26.3 Å². The molecule has 0 fully saturated rings. The molecule has 0 aromatic heterocycles. The minimum absolute atomic E-state index is 0.887. The highest BCUT2D eigenvalue weighted by atomic mass is 31.2. The summed E-state index contributed by atoms with van der Waals surface area (Å²) in [7, 11) is -1.74. The third-order valence-corrected chi connectivity index (χ3v) is 1.79. The average molecular weight is 260 g/mol. The van der Waals surface area contributed by atoms with Crippen molar-refractivity contribution in [3.05, 3.63) is 0 Å². The molecule has 0 saturated carbocycles. The van der Waals surface area contributed by atoms with Gasteiger partial charge in [-0.3, -0.25) is 0 Å². The van der Waals surface area contributed by atoms with Crippen molar-refractivity contribution in [3.63, 3.8) is 0 Å². The number of halogens is 6. The fourth-order valence-electron chi connectivity index (χ4n) is 0.394.